The van der Waals surface area contributed by atoms with E-state index < -0.39 is 6.10 Å². The van der Waals surface area contributed by atoms with Crippen LogP contribution >= 0.6 is 0 Å². The Hall–Kier alpha value is -2.35. The molecular formula is C23H31N5O2. The summed E-state index contributed by atoms with van der Waals surface area (Å²) in [5.41, 5.74) is 3.98. The van der Waals surface area contributed by atoms with Crippen molar-refractivity contribution in [1.29, 1.82) is 0 Å². The van der Waals surface area contributed by atoms with E-state index in [-0.39, 0.29) is 12.5 Å². The van der Waals surface area contributed by atoms with Crippen LogP contribution in [0.15, 0.2) is 36.7 Å². The fourth-order valence-corrected chi connectivity index (χ4v) is 4.50. The second-order valence-corrected chi connectivity index (χ2v) is 8.63. The van der Waals surface area contributed by atoms with E-state index in [9.17, 15) is 9.90 Å². The van der Waals surface area contributed by atoms with Crippen LogP contribution in [-0.4, -0.2) is 76.7 Å². The van der Waals surface area contributed by atoms with Crippen molar-refractivity contribution >= 4 is 5.91 Å². The molecule has 1 saturated heterocycles. The minimum absolute atomic E-state index is 0.212. The first-order valence-electron chi connectivity index (χ1n) is 10.8. The Balaban J connectivity index is 1.25. The first kappa shape index (κ1) is 20.9. The molecular weight excluding hydrogens is 378 g/mol. The number of nitrogens with zero attached hydrogens (tertiary/aromatic N) is 4. The summed E-state index contributed by atoms with van der Waals surface area (Å²) in [4.78, 5) is 25.5. The third-order valence-corrected chi connectivity index (χ3v) is 6.12. The van der Waals surface area contributed by atoms with E-state index in [4.69, 9.17) is 0 Å². The second-order valence-electron chi connectivity index (χ2n) is 8.63. The predicted octanol–water partition coefficient (Wildman–Crippen LogP) is 1.12. The van der Waals surface area contributed by atoms with Crippen molar-refractivity contribution in [3.05, 3.63) is 59.2 Å². The Kier molecular flexibility index (Phi) is 6.72. The average Bonchev–Trinajstić information content (AvgIpc) is 3.16. The SMILES string of the molecule is CN1CCC(Cc2cc(C(=O)NC[C@H](O)CN3CCc4ccccc4C3)ncn2)C1. The number of carbonyl (C=O) groups is 1. The normalized spacial score (nSPS) is 20.7. The molecule has 2 N–H and O–H groups in total. The van der Waals surface area contributed by atoms with E-state index in [1.807, 2.05) is 0 Å². The van der Waals surface area contributed by atoms with Gasteiger partial charge in [-0.25, -0.2) is 9.97 Å². The number of aliphatic hydroxyl groups excluding tert-OH is 1. The zero-order valence-electron chi connectivity index (χ0n) is 17.6. The number of carbonyl (C=O) groups excluding carboxylic acids is 1. The van der Waals surface area contributed by atoms with Crippen molar-refractivity contribution in [2.45, 2.75) is 31.9 Å². The highest BCUT2D eigenvalue weighted by Gasteiger charge is 2.22. The lowest BCUT2D eigenvalue weighted by atomic mass is 10.00. The standard InChI is InChI=1S/C23H31N5O2/c1-27-8-6-17(13-27)10-20-11-22(26-16-25-20)23(30)24-12-21(29)15-28-9-7-18-4-2-3-5-19(18)14-28/h2-5,11,16-17,21,29H,6-10,12-15H2,1H3,(H,24,30)/t17?,21-/m0/s1. The Morgan fingerprint density at radius 2 is 2.10 bits per heavy atom. The van der Waals surface area contributed by atoms with Crippen molar-refractivity contribution in [1.82, 2.24) is 25.1 Å². The summed E-state index contributed by atoms with van der Waals surface area (Å²) in [5, 5.41) is 13.2. The van der Waals surface area contributed by atoms with Crippen LogP contribution in [-0.2, 0) is 19.4 Å². The maximum absolute atomic E-state index is 12.5. The molecule has 160 valence electrons. The number of β-amino-alcohol motifs (C(OH)–C–C–N with tert-alkyl or cyclic N) is 1. The molecule has 2 aromatic rings. The molecule has 1 fully saturated rings. The largest absolute Gasteiger partial charge is 0.390 e. The number of hydrogen-bond acceptors (Lipinski definition) is 6. The van der Waals surface area contributed by atoms with E-state index >= 15 is 0 Å². The summed E-state index contributed by atoms with van der Waals surface area (Å²) in [5.74, 6) is 0.322. The first-order chi connectivity index (χ1) is 14.6. The van der Waals surface area contributed by atoms with Gasteiger partial charge in [0.1, 0.15) is 12.0 Å². The van der Waals surface area contributed by atoms with Gasteiger partial charge in [-0.15, -0.1) is 0 Å². The Morgan fingerprint density at radius 1 is 1.27 bits per heavy atom. The van der Waals surface area contributed by atoms with Gasteiger partial charge in [-0.2, -0.15) is 0 Å². The van der Waals surface area contributed by atoms with Crippen LogP contribution in [0.5, 0.6) is 0 Å². The number of nitrogens with one attached hydrogen (secondary N) is 1. The number of hydrogen-bond donors (Lipinski definition) is 2. The molecule has 1 aromatic carbocycles. The predicted molar refractivity (Wildman–Crippen MR) is 115 cm³/mol. The summed E-state index contributed by atoms with van der Waals surface area (Å²) in [6.45, 7) is 4.70. The smallest absolute Gasteiger partial charge is 0.270 e. The molecule has 0 radical (unpaired) electrons. The van der Waals surface area contributed by atoms with E-state index in [0.717, 1.165) is 51.1 Å². The van der Waals surface area contributed by atoms with Crippen molar-refractivity contribution in [2.75, 3.05) is 39.8 Å². The molecule has 3 heterocycles. The Bertz CT molecular complexity index is 874. The van der Waals surface area contributed by atoms with Gasteiger partial charge in [0.15, 0.2) is 0 Å². The van der Waals surface area contributed by atoms with Crippen LogP contribution in [0.25, 0.3) is 0 Å². The van der Waals surface area contributed by atoms with Crippen LogP contribution in [0.3, 0.4) is 0 Å². The molecule has 7 nitrogen and oxygen atoms in total. The second kappa shape index (κ2) is 9.64. The van der Waals surface area contributed by atoms with Gasteiger partial charge in [0, 0.05) is 38.4 Å². The van der Waals surface area contributed by atoms with Crippen LogP contribution in [0, 0.1) is 5.92 Å². The van der Waals surface area contributed by atoms with E-state index in [2.05, 4.69) is 56.4 Å². The van der Waals surface area contributed by atoms with Gasteiger partial charge < -0.3 is 15.3 Å². The maximum Gasteiger partial charge on any atom is 0.270 e. The monoisotopic (exact) mass is 409 g/mol. The lowest BCUT2D eigenvalue weighted by molar-refractivity contribution is 0.0838. The summed E-state index contributed by atoms with van der Waals surface area (Å²) in [7, 11) is 2.13. The number of likely N-dealkylation sites (tertiary alicyclic amines) is 1. The summed E-state index contributed by atoms with van der Waals surface area (Å²) in [6, 6.07) is 10.2. The van der Waals surface area contributed by atoms with Gasteiger partial charge in [-0.05, 0) is 56.0 Å². The van der Waals surface area contributed by atoms with Crippen molar-refractivity contribution < 1.29 is 9.90 Å². The lowest BCUT2D eigenvalue weighted by Crippen LogP contribution is -2.42. The molecule has 2 atom stereocenters. The molecule has 2 aliphatic rings. The maximum atomic E-state index is 12.5. The van der Waals surface area contributed by atoms with Crippen molar-refractivity contribution in [3.8, 4) is 0 Å². The van der Waals surface area contributed by atoms with Crippen LogP contribution in [0.1, 0.15) is 33.7 Å². The number of aromatic nitrogens is 2. The molecule has 0 spiro atoms. The molecule has 0 aliphatic carbocycles. The number of aliphatic hydroxyl groups is 1. The van der Waals surface area contributed by atoms with Gasteiger partial charge >= 0.3 is 0 Å². The summed E-state index contributed by atoms with van der Waals surface area (Å²) < 4.78 is 0. The molecule has 2 aliphatic heterocycles. The van der Waals surface area contributed by atoms with Crippen LogP contribution in [0.4, 0.5) is 0 Å². The van der Waals surface area contributed by atoms with E-state index in [0.29, 0.717) is 18.2 Å². The molecule has 0 saturated carbocycles. The van der Waals surface area contributed by atoms with Crippen molar-refractivity contribution in [2.24, 2.45) is 5.92 Å². The molecule has 1 aromatic heterocycles. The van der Waals surface area contributed by atoms with Crippen molar-refractivity contribution in [3.63, 3.8) is 0 Å². The molecule has 0 bridgehead atoms. The first-order valence-corrected chi connectivity index (χ1v) is 10.8. The highest BCUT2D eigenvalue weighted by molar-refractivity contribution is 5.92. The fourth-order valence-electron chi connectivity index (χ4n) is 4.50. The minimum Gasteiger partial charge on any atom is -0.390 e. The number of rotatable bonds is 7. The topological polar surface area (TPSA) is 81.6 Å². The zero-order valence-corrected chi connectivity index (χ0v) is 17.6. The highest BCUT2D eigenvalue weighted by Crippen LogP contribution is 2.19. The summed E-state index contributed by atoms with van der Waals surface area (Å²) in [6.07, 6.45) is 3.87. The number of amides is 1. The highest BCUT2D eigenvalue weighted by atomic mass is 16.3. The molecule has 30 heavy (non-hydrogen) atoms. The van der Waals surface area contributed by atoms with Gasteiger partial charge in [-0.1, -0.05) is 24.3 Å². The third kappa shape index (κ3) is 5.41. The fraction of sp³-hybridized carbons (Fsp3) is 0.522. The van der Waals surface area contributed by atoms with Crippen LogP contribution in [0.2, 0.25) is 0 Å². The number of fused-ring (bicyclic) bond motifs is 1. The van der Waals surface area contributed by atoms with E-state index in [1.54, 1.807) is 6.07 Å². The quantitative estimate of drug-likeness (QED) is 0.713. The van der Waals surface area contributed by atoms with Gasteiger partial charge in [0.25, 0.3) is 5.91 Å². The molecule has 1 amide bonds. The number of benzene rings is 1. The average molecular weight is 410 g/mol. The van der Waals surface area contributed by atoms with Gasteiger partial charge in [0.05, 0.1) is 6.10 Å². The zero-order chi connectivity index (χ0) is 20.9. The molecule has 7 heteroatoms. The summed E-state index contributed by atoms with van der Waals surface area (Å²) >= 11 is 0. The Morgan fingerprint density at radius 3 is 2.90 bits per heavy atom. The van der Waals surface area contributed by atoms with Gasteiger partial charge in [0.2, 0.25) is 0 Å². The molecule has 1 unspecified atom stereocenters. The Labute approximate surface area is 178 Å². The molecule has 4 rings (SSSR count). The lowest BCUT2D eigenvalue weighted by Gasteiger charge is -2.30. The third-order valence-electron chi connectivity index (χ3n) is 6.12. The van der Waals surface area contributed by atoms with Gasteiger partial charge in [-0.3, -0.25) is 9.69 Å². The van der Waals surface area contributed by atoms with E-state index in [1.165, 1.54) is 17.5 Å². The van der Waals surface area contributed by atoms with Crippen LogP contribution < -0.4 is 5.32 Å². The minimum atomic E-state index is -0.616.